The minimum atomic E-state index is -0.0325. The van der Waals surface area contributed by atoms with Gasteiger partial charge in [0.2, 0.25) is 5.91 Å². The summed E-state index contributed by atoms with van der Waals surface area (Å²) < 4.78 is 0. The number of hydrogen-bond donors (Lipinski definition) is 1. The van der Waals surface area contributed by atoms with Crippen molar-refractivity contribution in [3.63, 3.8) is 0 Å². The van der Waals surface area contributed by atoms with Crippen LogP contribution in [-0.2, 0) is 11.2 Å². The molecule has 0 radical (unpaired) electrons. The number of aryl methyl sites for hydroxylation is 2. The van der Waals surface area contributed by atoms with Gasteiger partial charge >= 0.3 is 0 Å². The predicted molar refractivity (Wildman–Crippen MR) is 62.0 cm³/mol. The fraction of sp³-hybridized carbons (Fsp3) is 0.500. The number of rotatable bonds is 3. The fourth-order valence-electron chi connectivity index (χ4n) is 1.63. The molecule has 15 heavy (non-hydrogen) atoms. The smallest absolute Gasteiger partial charge is 0.221 e. The first kappa shape index (κ1) is 11.7. The summed E-state index contributed by atoms with van der Waals surface area (Å²) in [5.41, 5.74) is 4.10. The van der Waals surface area contributed by atoms with E-state index in [4.69, 9.17) is 0 Å². The normalized spacial score (nSPS) is 10.1. The molecule has 3 heteroatoms. The number of aromatic nitrogens is 1. The van der Waals surface area contributed by atoms with Gasteiger partial charge in [0, 0.05) is 24.5 Å². The highest BCUT2D eigenvalue weighted by Crippen LogP contribution is 2.22. The Morgan fingerprint density at radius 3 is 2.67 bits per heavy atom. The van der Waals surface area contributed by atoms with Gasteiger partial charge in [-0.25, -0.2) is 0 Å². The van der Waals surface area contributed by atoms with Gasteiger partial charge in [-0.3, -0.25) is 9.78 Å². The Labute approximate surface area is 90.9 Å². The van der Waals surface area contributed by atoms with E-state index >= 15 is 0 Å². The minimum absolute atomic E-state index is 0.0325. The van der Waals surface area contributed by atoms with Crippen molar-refractivity contribution in [1.82, 2.24) is 4.98 Å². The van der Waals surface area contributed by atoms with Crippen LogP contribution in [0.3, 0.4) is 0 Å². The van der Waals surface area contributed by atoms with Crippen LogP contribution in [0.4, 0.5) is 5.69 Å². The van der Waals surface area contributed by atoms with Gasteiger partial charge in [0.05, 0.1) is 0 Å². The first-order valence-electron chi connectivity index (χ1n) is 5.29. The molecule has 0 saturated heterocycles. The van der Waals surface area contributed by atoms with E-state index in [1.165, 1.54) is 6.92 Å². The summed E-state index contributed by atoms with van der Waals surface area (Å²) in [6, 6.07) is 0. The van der Waals surface area contributed by atoms with Crippen LogP contribution in [0.1, 0.15) is 37.1 Å². The number of nitrogens with zero attached hydrogens (tertiary/aromatic N) is 1. The number of nitrogens with one attached hydrogen (secondary N) is 1. The largest absolute Gasteiger partial charge is 0.326 e. The average Bonchev–Trinajstić information content (AvgIpc) is 2.17. The first-order valence-corrected chi connectivity index (χ1v) is 5.29. The molecule has 1 rings (SSSR count). The molecule has 0 atom stereocenters. The molecule has 0 fully saturated rings. The third kappa shape index (κ3) is 2.78. The number of carbonyl (C=O) groups is 1. The van der Waals surface area contributed by atoms with E-state index in [1.54, 1.807) is 0 Å². The molecule has 0 aliphatic heterocycles. The zero-order valence-corrected chi connectivity index (χ0v) is 9.85. The van der Waals surface area contributed by atoms with E-state index in [0.29, 0.717) is 0 Å². The van der Waals surface area contributed by atoms with E-state index in [1.807, 2.05) is 20.0 Å². The van der Waals surface area contributed by atoms with E-state index in [0.717, 1.165) is 35.3 Å². The SMILES string of the molecule is CCCc1ncc(C)c(NC(C)=O)c1C. The first-order chi connectivity index (χ1) is 7.06. The van der Waals surface area contributed by atoms with Crippen LogP contribution < -0.4 is 5.32 Å². The second kappa shape index (κ2) is 4.91. The second-order valence-corrected chi connectivity index (χ2v) is 3.82. The standard InChI is InChI=1S/C12H18N2O/c1-5-6-11-9(3)12(14-10(4)15)8(2)7-13-11/h7H,5-6H2,1-4H3,(H,13,14,15). The van der Waals surface area contributed by atoms with E-state index in [2.05, 4.69) is 17.2 Å². The summed E-state index contributed by atoms with van der Waals surface area (Å²) in [7, 11) is 0. The van der Waals surface area contributed by atoms with Crippen LogP contribution in [0.2, 0.25) is 0 Å². The van der Waals surface area contributed by atoms with Crippen LogP contribution in [0, 0.1) is 13.8 Å². The quantitative estimate of drug-likeness (QED) is 0.826. The molecule has 0 bridgehead atoms. The molecule has 0 aliphatic carbocycles. The summed E-state index contributed by atoms with van der Waals surface area (Å²) in [5, 5.41) is 2.86. The van der Waals surface area contributed by atoms with E-state index in [-0.39, 0.29) is 5.91 Å². The molecular formula is C12H18N2O. The maximum Gasteiger partial charge on any atom is 0.221 e. The summed E-state index contributed by atoms with van der Waals surface area (Å²) in [5.74, 6) is -0.0325. The van der Waals surface area contributed by atoms with E-state index < -0.39 is 0 Å². The van der Waals surface area contributed by atoms with Crippen molar-refractivity contribution in [1.29, 1.82) is 0 Å². The molecule has 0 unspecified atom stereocenters. The third-order valence-electron chi connectivity index (χ3n) is 2.40. The Morgan fingerprint density at radius 2 is 2.13 bits per heavy atom. The van der Waals surface area contributed by atoms with Gasteiger partial charge in [-0.2, -0.15) is 0 Å². The van der Waals surface area contributed by atoms with Gasteiger partial charge in [0.15, 0.2) is 0 Å². The van der Waals surface area contributed by atoms with Crippen LogP contribution in [0.25, 0.3) is 0 Å². The molecular weight excluding hydrogens is 188 g/mol. The molecule has 1 amide bonds. The molecule has 1 aromatic heterocycles. The fourth-order valence-corrected chi connectivity index (χ4v) is 1.63. The van der Waals surface area contributed by atoms with E-state index in [9.17, 15) is 4.79 Å². The molecule has 0 aliphatic rings. The monoisotopic (exact) mass is 206 g/mol. The Balaban J connectivity index is 3.11. The highest BCUT2D eigenvalue weighted by molar-refractivity contribution is 5.90. The summed E-state index contributed by atoms with van der Waals surface area (Å²) in [6.45, 7) is 7.62. The topological polar surface area (TPSA) is 42.0 Å². The highest BCUT2D eigenvalue weighted by atomic mass is 16.1. The number of amides is 1. The zero-order chi connectivity index (χ0) is 11.4. The lowest BCUT2D eigenvalue weighted by molar-refractivity contribution is -0.114. The van der Waals surface area contributed by atoms with Crippen molar-refractivity contribution < 1.29 is 4.79 Å². The van der Waals surface area contributed by atoms with Crippen LogP contribution in [0.15, 0.2) is 6.20 Å². The summed E-state index contributed by atoms with van der Waals surface area (Å²) >= 11 is 0. The maximum atomic E-state index is 11.1. The van der Waals surface area contributed by atoms with Crippen LogP contribution in [-0.4, -0.2) is 10.9 Å². The van der Waals surface area contributed by atoms with Crippen molar-refractivity contribution in [3.8, 4) is 0 Å². The van der Waals surface area contributed by atoms with Gasteiger partial charge in [0.1, 0.15) is 0 Å². The Hall–Kier alpha value is -1.38. The zero-order valence-electron chi connectivity index (χ0n) is 9.85. The second-order valence-electron chi connectivity index (χ2n) is 3.82. The third-order valence-corrected chi connectivity index (χ3v) is 2.40. The molecule has 1 aromatic rings. The molecule has 0 saturated carbocycles. The Bertz CT molecular complexity index is 372. The maximum absolute atomic E-state index is 11.1. The molecule has 1 heterocycles. The van der Waals surface area contributed by atoms with Crippen molar-refractivity contribution >= 4 is 11.6 Å². The molecule has 3 nitrogen and oxygen atoms in total. The lowest BCUT2D eigenvalue weighted by Crippen LogP contribution is -2.10. The molecule has 82 valence electrons. The van der Waals surface area contributed by atoms with Gasteiger partial charge in [0.25, 0.3) is 0 Å². The van der Waals surface area contributed by atoms with Crippen LogP contribution in [0.5, 0.6) is 0 Å². The van der Waals surface area contributed by atoms with Gasteiger partial charge < -0.3 is 5.32 Å². The molecule has 0 spiro atoms. The Kier molecular flexibility index (Phi) is 3.83. The lowest BCUT2D eigenvalue weighted by Gasteiger charge is -2.13. The highest BCUT2D eigenvalue weighted by Gasteiger charge is 2.09. The van der Waals surface area contributed by atoms with Crippen LogP contribution >= 0.6 is 0 Å². The van der Waals surface area contributed by atoms with Gasteiger partial charge in [-0.1, -0.05) is 13.3 Å². The van der Waals surface area contributed by atoms with Gasteiger partial charge in [-0.05, 0) is 31.4 Å². The predicted octanol–water partition coefficient (Wildman–Crippen LogP) is 2.61. The minimum Gasteiger partial charge on any atom is -0.326 e. The van der Waals surface area contributed by atoms with Crippen molar-refractivity contribution in [2.24, 2.45) is 0 Å². The number of carbonyl (C=O) groups excluding carboxylic acids is 1. The van der Waals surface area contributed by atoms with Crippen molar-refractivity contribution in [2.75, 3.05) is 5.32 Å². The number of anilines is 1. The Morgan fingerprint density at radius 1 is 1.47 bits per heavy atom. The molecule has 0 aromatic carbocycles. The summed E-state index contributed by atoms with van der Waals surface area (Å²) in [6.07, 6.45) is 3.85. The lowest BCUT2D eigenvalue weighted by atomic mass is 10.1. The van der Waals surface area contributed by atoms with Gasteiger partial charge in [-0.15, -0.1) is 0 Å². The van der Waals surface area contributed by atoms with Crippen molar-refractivity contribution in [2.45, 2.75) is 40.5 Å². The summed E-state index contributed by atoms with van der Waals surface area (Å²) in [4.78, 5) is 15.4. The van der Waals surface area contributed by atoms with Crippen molar-refractivity contribution in [3.05, 3.63) is 23.0 Å². The number of pyridine rings is 1. The molecule has 1 N–H and O–H groups in total. The number of hydrogen-bond acceptors (Lipinski definition) is 2. The average molecular weight is 206 g/mol.